The first kappa shape index (κ1) is 14.0. The number of nitrogens with two attached hydrogens (primary N) is 1. The first-order valence-electron chi connectivity index (χ1n) is 6.47. The molecule has 0 aliphatic carbocycles. The molecule has 0 saturated carbocycles. The van der Waals surface area contributed by atoms with E-state index in [0.717, 1.165) is 12.8 Å². The molecule has 2 N–H and O–H groups in total. The number of hydrogen-bond acceptors (Lipinski definition) is 1. The number of hydrogen-bond donors (Lipinski definition) is 1. The Kier molecular flexibility index (Phi) is 4.95. The van der Waals surface area contributed by atoms with Crippen molar-refractivity contribution in [1.82, 2.24) is 0 Å². The average Bonchev–Trinajstić information content (AvgIpc) is 2.29. The third kappa shape index (κ3) is 3.71. The number of benzene rings is 1. The summed E-state index contributed by atoms with van der Waals surface area (Å²) >= 11 is 0. The molecule has 1 aromatic rings. The summed E-state index contributed by atoms with van der Waals surface area (Å²) in [5.41, 5.74) is 7.47. The monoisotopic (exact) mass is 231 g/mol. The Morgan fingerprint density at radius 1 is 1.29 bits per heavy atom. The van der Waals surface area contributed by atoms with Gasteiger partial charge in [-0.2, -0.15) is 0 Å². The van der Waals surface area contributed by atoms with E-state index in [4.69, 9.17) is 5.73 Å². The quantitative estimate of drug-likeness (QED) is 0.733. The third-order valence-corrected chi connectivity index (χ3v) is 3.43. The first-order valence-corrected chi connectivity index (χ1v) is 6.47. The van der Waals surface area contributed by atoms with Crippen LogP contribution in [0.5, 0.6) is 0 Å². The highest BCUT2D eigenvalue weighted by molar-refractivity contribution is 5.25. The van der Waals surface area contributed by atoms with Crippen molar-refractivity contribution < 1.29 is 0 Å². The highest BCUT2D eigenvalue weighted by Crippen LogP contribution is 2.35. The second kappa shape index (κ2) is 6.02. The van der Waals surface area contributed by atoms with E-state index in [0.29, 0.717) is 11.8 Å². The van der Waals surface area contributed by atoms with Crippen LogP contribution in [0.3, 0.4) is 0 Å². The van der Waals surface area contributed by atoms with Gasteiger partial charge in [0.1, 0.15) is 0 Å². The Hall–Kier alpha value is -1.08. The summed E-state index contributed by atoms with van der Waals surface area (Å²) in [7, 11) is 0. The lowest BCUT2D eigenvalue weighted by molar-refractivity contribution is 0.274. The fourth-order valence-electron chi connectivity index (χ4n) is 2.53. The summed E-state index contributed by atoms with van der Waals surface area (Å²) in [5, 5.41) is 0. The second-order valence-electron chi connectivity index (χ2n) is 5.39. The fourth-order valence-corrected chi connectivity index (χ4v) is 2.53. The predicted octanol–water partition coefficient (Wildman–Crippen LogP) is 4.11. The van der Waals surface area contributed by atoms with Crippen LogP contribution in [0.2, 0.25) is 0 Å². The van der Waals surface area contributed by atoms with E-state index in [1.165, 1.54) is 5.56 Å². The molecular formula is C16H25N. The van der Waals surface area contributed by atoms with Crippen molar-refractivity contribution in [2.45, 2.75) is 45.1 Å². The third-order valence-electron chi connectivity index (χ3n) is 3.43. The summed E-state index contributed by atoms with van der Waals surface area (Å²) in [6.45, 7) is 10.4. The topological polar surface area (TPSA) is 26.0 Å². The number of rotatable bonds is 6. The molecule has 0 heterocycles. The van der Waals surface area contributed by atoms with Gasteiger partial charge in [-0.15, -0.1) is 6.58 Å². The maximum absolute atomic E-state index is 6.33. The molecule has 0 saturated heterocycles. The highest BCUT2D eigenvalue weighted by Gasteiger charge is 2.31. The van der Waals surface area contributed by atoms with Gasteiger partial charge in [0.05, 0.1) is 0 Å². The first-order chi connectivity index (χ1) is 8.00. The molecule has 17 heavy (non-hydrogen) atoms. The van der Waals surface area contributed by atoms with Crippen LogP contribution < -0.4 is 5.73 Å². The number of allylic oxidation sites excluding steroid dienone is 1. The maximum atomic E-state index is 6.33. The van der Waals surface area contributed by atoms with Crippen LogP contribution in [0, 0.1) is 5.92 Å². The van der Waals surface area contributed by atoms with Crippen LogP contribution in [0.15, 0.2) is 43.0 Å². The van der Waals surface area contributed by atoms with E-state index in [1.54, 1.807) is 0 Å². The van der Waals surface area contributed by atoms with Gasteiger partial charge in [0, 0.05) is 11.5 Å². The van der Waals surface area contributed by atoms with E-state index in [1.807, 2.05) is 12.1 Å². The van der Waals surface area contributed by atoms with Crippen molar-refractivity contribution in [3.63, 3.8) is 0 Å². The van der Waals surface area contributed by atoms with Crippen molar-refractivity contribution in [3.8, 4) is 0 Å². The lowest BCUT2D eigenvalue weighted by Crippen LogP contribution is -2.43. The molecule has 2 unspecified atom stereocenters. The zero-order chi connectivity index (χ0) is 12.9. The average molecular weight is 231 g/mol. The van der Waals surface area contributed by atoms with E-state index in [2.05, 4.69) is 51.6 Å². The van der Waals surface area contributed by atoms with Gasteiger partial charge in [-0.05, 0) is 31.7 Å². The van der Waals surface area contributed by atoms with Crippen LogP contribution in [-0.2, 0) is 0 Å². The van der Waals surface area contributed by atoms with Crippen LogP contribution in [-0.4, -0.2) is 5.54 Å². The summed E-state index contributed by atoms with van der Waals surface area (Å²) in [6.07, 6.45) is 4.34. The zero-order valence-corrected chi connectivity index (χ0v) is 11.3. The van der Waals surface area contributed by atoms with E-state index in [-0.39, 0.29) is 5.54 Å². The zero-order valence-electron chi connectivity index (χ0n) is 11.3. The van der Waals surface area contributed by atoms with Gasteiger partial charge in [0.2, 0.25) is 0 Å². The van der Waals surface area contributed by atoms with Crippen LogP contribution in [0.25, 0.3) is 0 Å². The molecular weight excluding hydrogens is 206 g/mol. The second-order valence-corrected chi connectivity index (χ2v) is 5.39. The normalized spacial score (nSPS) is 15.3. The van der Waals surface area contributed by atoms with Crippen molar-refractivity contribution in [2.24, 2.45) is 11.7 Å². The van der Waals surface area contributed by atoms with Crippen LogP contribution >= 0.6 is 0 Å². The molecule has 0 bridgehead atoms. The fraction of sp³-hybridized carbons (Fsp3) is 0.500. The van der Waals surface area contributed by atoms with Crippen molar-refractivity contribution >= 4 is 0 Å². The minimum Gasteiger partial charge on any atom is -0.325 e. The van der Waals surface area contributed by atoms with Crippen LogP contribution in [0.4, 0.5) is 0 Å². The van der Waals surface area contributed by atoms with Gasteiger partial charge < -0.3 is 5.73 Å². The molecule has 0 amide bonds. The van der Waals surface area contributed by atoms with Gasteiger partial charge in [0.25, 0.3) is 0 Å². The summed E-state index contributed by atoms with van der Waals surface area (Å²) in [6, 6.07) is 10.5. The molecule has 0 aliphatic rings. The van der Waals surface area contributed by atoms with E-state index in [9.17, 15) is 0 Å². The molecule has 0 spiro atoms. The van der Waals surface area contributed by atoms with Gasteiger partial charge in [-0.1, -0.05) is 49.8 Å². The molecule has 0 aliphatic heterocycles. The Balaban J connectivity index is 3.02. The van der Waals surface area contributed by atoms with Gasteiger partial charge >= 0.3 is 0 Å². The maximum Gasteiger partial charge on any atom is 0.0134 e. The predicted molar refractivity (Wildman–Crippen MR) is 76.0 cm³/mol. The molecule has 0 radical (unpaired) electrons. The molecule has 0 aromatic heterocycles. The van der Waals surface area contributed by atoms with E-state index < -0.39 is 0 Å². The van der Waals surface area contributed by atoms with Crippen molar-refractivity contribution in [3.05, 3.63) is 48.6 Å². The Bertz CT molecular complexity index is 334. The smallest absolute Gasteiger partial charge is 0.0134 e. The minimum absolute atomic E-state index is 0.176. The Morgan fingerprint density at radius 2 is 1.88 bits per heavy atom. The molecule has 0 fully saturated rings. The summed E-state index contributed by atoms with van der Waals surface area (Å²) < 4.78 is 0. The molecule has 94 valence electrons. The molecule has 2 atom stereocenters. The van der Waals surface area contributed by atoms with E-state index >= 15 is 0 Å². The lowest BCUT2D eigenvalue weighted by atomic mass is 9.73. The van der Waals surface area contributed by atoms with Crippen molar-refractivity contribution in [2.75, 3.05) is 0 Å². The largest absolute Gasteiger partial charge is 0.325 e. The van der Waals surface area contributed by atoms with Gasteiger partial charge in [-0.25, -0.2) is 0 Å². The molecule has 1 heteroatoms. The Labute approximate surface area is 106 Å². The Morgan fingerprint density at radius 3 is 2.29 bits per heavy atom. The van der Waals surface area contributed by atoms with Crippen LogP contribution in [0.1, 0.15) is 45.1 Å². The summed E-state index contributed by atoms with van der Waals surface area (Å²) in [4.78, 5) is 0. The summed E-state index contributed by atoms with van der Waals surface area (Å²) in [5.74, 6) is 0.781. The molecule has 1 aromatic carbocycles. The molecule has 1 rings (SSSR count). The van der Waals surface area contributed by atoms with Crippen molar-refractivity contribution in [1.29, 1.82) is 0 Å². The highest BCUT2D eigenvalue weighted by atomic mass is 14.7. The molecule has 1 nitrogen and oxygen atoms in total. The minimum atomic E-state index is -0.176. The van der Waals surface area contributed by atoms with Gasteiger partial charge in [-0.3, -0.25) is 0 Å². The lowest BCUT2D eigenvalue weighted by Gasteiger charge is -2.36. The standard InChI is InChI=1S/C16H25N/c1-5-10-15(16(3,4)17)14(6-2)13-11-8-7-9-12-13/h6-9,11-12,14-15H,2,5,10,17H2,1,3-4H3. The SMILES string of the molecule is C=CC(c1ccccc1)C(CCC)C(C)(C)N. The van der Waals surface area contributed by atoms with Gasteiger partial charge in [0.15, 0.2) is 0 Å².